The quantitative estimate of drug-likeness (QED) is 0.618. The van der Waals surface area contributed by atoms with Gasteiger partial charge < -0.3 is 15.0 Å². The number of para-hydroxylation sites is 1. The SMILES string of the molecule is COc1ccccc1C(CNC(=O)c1cccc(N2NC(=O)C3CC=CCC3C2=O)c1)N(C)C. The van der Waals surface area contributed by atoms with Gasteiger partial charge in [-0.3, -0.25) is 19.8 Å². The number of nitrogens with zero attached hydrogens (tertiary/aromatic N) is 2. The molecule has 2 N–H and O–H groups in total. The van der Waals surface area contributed by atoms with Crippen LogP contribution in [-0.2, 0) is 9.59 Å². The average Bonchev–Trinajstić information content (AvgIpc) is 2.86. The Bertz CT molecular complexity index is 1110. The third kappa shape index (κ3) is 4.68. The number of rotatable bonds is 7. The number of hydrazine groups is 1. The van der Waals surface area contributed by atoms with Crippen molar-refractivity contribution in [3.05, 3.63) is 71.8 Å². The van der Waals surface area contributed by atoms with Gasteiger partial charge in [0.15, 0.2) is 0 Å². The zero-order chi connectivity index (χ0) is 24.2. The Hall–Kier alpha value is -3.65. The number of allylic oxidation sites excluding steroid dienone is 2. The van der Waals surface area contributed by atoms with E-state index in [1.807, 2.05) is 55.4 Å². The van der Waals surface area contributed by atoms with E-state index in [0.29, 0.717) is 30.6 Å². The summed E-state index contributed by atoms with van der Waals surface area (Å²) in [6.07, 6.45) is 5.00. The first-order valence-electron chi connectivity index (χ1n) is 11.4. The number of amides is 3. The predicted molar refractivity (Wildman–Crippen MR) is 129 cm³/mol. The van der Waals surface area contributed by atoms with E-state index in [4.69, 9.17) is 4.74 Å². The monoisotopic (exact) mass is 462 g/mol. The van der Waals surface area contributed by atoms with Crippen LogP contribution in [0.5, 0.6) is 5.75 Å². The Labute approximate surface area is 199 Å². The summed E-state index contributed by atoms with van der Waals surface area (Å²) in [7, 11) is 5.52. The molecule has 0 radical (unpaired) electrons. The molecule has 2 aliphatic rings. The highest BCUT2D eigenvalue weighted by Crippen LogP contribution is 2.32. The Morgan fingerprint density at radius 3 is 2.59 bits per heavy atom. The van der Waals surface area contributed by atoms with Crippen LogP contribution >= 0.6 is 0 Å². The lowest BCUT2D eigenvalue weighted by Crippen LogP contribution is -2.59. The van der Waals surface area contributed by atoms with Gasteiger partial charge in [-0.2, -0.15) is 0 Å². The molecule has 1 saturated heterocycles. The van der Waals surface area contributed by atoms with Crippen LogP contribution in [0.3, 0.4) is 0 Å². The van der Waals surface area contributed by atoms with Crippen molar-refractivity contribution in [2.75, 3.05) is 32.8 Å². The predicted octanol–water partition coefficient (Wildman–Crippen LogP) is 2.69. The maximum Gasteiger partial charge on any atom is 0.251 e. The minimum atomic E-state index is -0.377. The minimum Gasteiger partial charge on any atom is -0.496 e. The van der Waals surface area contributed by atoms with E-state index in [-0.39, 0.29) is 35.6 Å². The molecule has 0 aromatic heterocycles. The van der Waals surface area contributed by atoms with Gasteiger partial charge in [-0.25, -0.2) is 5.01 Å². The van der Waals surface area contributed by atoms with Crippen LogP contribution in [0.15, 0.2) is 60.7 Å². The van der Waals surface area contributed by atoms with Crippen molar-refractivity contribution in [1.82, 2.24) is 15.6 Å². The van der Waals surface area contributed by atoms with E-state index in [0.717, 1.165) is 11.3 Å². The summed E-state index contributed by atoms with van der Waals surface area (Å²) < 4.78 is 5.49. The Morgan fingerprint density at radius 1 is 1.12 bits per heavy atom. The van der Waals surface area contributed by atoms with Gasteiger partial charge in [0.25, 0.3) is 5.91 Å². The molecule has 8 heteroatoms. The number of hydrogen-bond donors (Lipinski definition) is 2. The molecule has 1 heterocycles. The molecule has 0 bridgehead atoms. The summed E-state index contributed by atoms with van der Waals surface area (Å²) in [5.74, 6) is -0.550. The van der Waals surface area contributed by atoms with E-state index >= 15 is 0 Å². The molecule has 178 valence electrons. The summed E-state index contributed by atoms with van der Waals surface area (Å²) in [5, 5.41) is 4.26. The second-order valence-electron chi connectivity index (χ2n) is 8.79. The minimum absolute atomic E-state index is 0.0949. The smallest absolute Gasteiger partial charge is 0.251 e. The maximum atomic E-state index is 13.1. The number of carbonyl (C=O) groups excluding carboxylic acids is 3. The summed E-state index contributed by atoms with van der Waals surface area (Å²) >= 11 is 0. The van der Waals surface area contributed by atoms with Gasteiger partial charge >= 0.3 is 0 Å². The highest BCUT2D eigenvalue weighted by Gasteiger charge is 2.42. The van der Waals surface area contributed by atoms with Crippen LogP contribution in [0.25, 0.3) is 0 Å². The molecule has 8 nitrogen and oxygen atoms in total. The number of fused-ring (bicyclic) bond motifs is 1. The maximum absolute atomic E-state index is 13.1. The van der Waals surface area contributed by atoms with E-state index in [2.05, 4.69) is 10.7 Å². The number of methoxy groups -OCH3 is 1. The molecule has 3 atom stereocenters. The number of carbonyl (C=O) groups is 3. The molecule has 1 aliphatic heterocycles. The van der Waals surface area contributed by atoms with E-state index in [9.17, 15) is 14.4 Å². The topological polar surface area (TPSA) is 91.0 Å². The fraction of sp³-hybridized carbons (Fsp3) is 0.346. The third-order valence-electron chi connectivity index (χ3n) is 6.47. The summed E-state index contributed by atoms with van der Waals surface area (Å²) in [4.78, 5) is 40.7. The standard InChI is InChI=1S/C26H30N4O4/c1-29(2)22(21-13-6-7-14-23(21)34-3)16-27-24(31)17-9-8-10-18(15-17)30-26(33)20-12-5-4-11-19(20)25(32)28-30/h4-10,13-15,19-20,22H,11-12,16H2,1-3H3,(H,27,31)(H,28,32). The van der Waals surface area contributed by atoms with Crippen molar-refractivity contribution in [3.63, 3.8) is 0 Å². The van der Waals surface area contributed by atoms with Crippen LogP contribution in [0.4, 0.5) is 5.69 Å². The molecule has 0 saturated carbocycles. The normalized spacial score (nSPS) is 20.5. The van der Waals surface area contributed by atoms with E-state index in [1.54, 1.807) is 31.4 Å². The van der Waals surface area contributed by atoms with Crippen molar-refractivity contribution in [2.45, 2.75) is 18.9 Å². The molecule has 3 amide bonds. The van der Waals surface area contributed by atoms with Crippen molar-refractivity contribution in [3.8, 4) is 5.75 Å². The van der Waals surface area contributed by atoms with Crippen molar-refractivity contribution in [2.24, 2.45) is 11.8 Å². The van der Waals surface area contributed by atoms with Gasteiger partial charge in [0.05, 0.1) is 30.7 Å². The fourth-order valence-electron chi connectivity index (χ4n) is 4.57. The van der Waals surface area contributed by atoms with Gasteiger partial charge in [-0.05, 0) is 51.2 Å². The molecule has 1 aliphatic carbocycles. The number of likely N-dealkylation sites (N-methyl/N-ethyl adjacent to an activating group) is 1. The van der Waals surface area contributed by atoms with Crippen LogP contribution in [0, 0.1) is 11.8 Å². The van der Waals surface area contributed by atoms with Gasteiger partial charge in [0.1, 0.15) is 5.75 Å². The number of nitrogens with one attached hydrogen (secondary N) is 2. The zero-order valence-electron chi connectivity index (χ0n) is 19.7. The number of ether oxygens (including phenoxy) is 1. The lowest BCUT2D eigenvalue weighted by atomic mass is 9.80. The number of anilines is 1. The summed E-state index contributed by atoms with van der Waals surface area (Å²) in [6, 6.07) is 14.4. The van der Waals surface area contributed by atoms with Crippen molar-refractivity contribution in [1.29, 1.82) is 0 Å². The first-order chi connectivity index (χ1) is 16.4. The van der Waals surface area contributed by atoms with Crippen molar-refractivity contribution < 1.29 is 19.1 Å². The molecule has 2 aromatic rings. The first kappa shape index (κ1) is 23.5. The largest absolute Gasteiger partial charge is 0.496 e. The second kappa shape index (κ2) is 10.1. The second-order valence-corrected chi connectivity index (χ2v) is 8.79. The van der Waals surface area contributed by atoms with Crippen LogP contribution in [0.1, 0.15) is 34.8 Å². The van der Waals surface area contributed by atoms with Crippen LogP contribution < -0.4 is 20.5 Å². The molecular weight excluding hydrogens is 432 g/mol. The molecule has 3 unspecified atom stereocenters. The van der Waals surface area contributed by atoms with E-state index < -0.39 is 0 Å². The molecular formula is C26H30N4O4. The lowest BCUT2D eigenvalue weighted by Gasteiger charge is -2.38. The molecule has 0 spiro atoms. The molecule has 1 fully saturated rings. The Balaban J connectivity index is 1.49. The molecule has 4 rings (SSSR count). The van der Waals surface area contributed by atoms with Gasteiger partial charge in [0.2, 0.25) is 11.8 Å². The molecule has 2 aromatic carbocycles. The highest BCUT2D eigenvalue weighted by molar-refractivity contribution is 6.05. The molecule has 34 heavy (non-hydrogen) atoms. The number of hydrogen-bond acceptors (Lipinski definition) is 5. The van der Waals surface area contributed by atoms with Crippen LogP contribution in [-0.4, -0.2) is 50.4 Å². The van der Waals surface area contributed by atoms with E-state index in [1.165, 1.54) is 5.01 Å². The van der Waals surface area contributed by atoms with Gasteiger partial charge in [-0.1, -0.05) is 36.4 Å². The number of benzene rings is 2. The summed E-state index contributed by atoms with van der Waals surface area (Å²) in [6.45, 7) is 0.367. The van der Waals surface area contributed by atoms with Crippen LogP contribution in [0.2, 0.25) is 0 Å². The van der Waals surface area contributed by atoms with Gasteiger partial charge in [-0.15, -0.1) is 0 Å². The average molecular weight is 463 g/mol. The Morgan fingerprint density at radius 2 is 1.85 bits per heavy atom. The highest BCUT2D eigenvalue weighted by atomic mass is 16.5. The Kier molecular flexibility index (Phi) is 6.98. The van der Waals surface area contributed by atoms with Crippen molar-refractivity contribution >= 4 is 23.4 Å². The third-order valence-corrected chi connectivity index (χ3v) is 6.47. The lowest BCUT2D eigenvalue weighted by molar-refractivity contribution is -0.139. The van der Waals surface area contributed by atoms with Gasteiger partial charge in [0, 0.05) is 17.7 Å². The summed E-state index contributed by atoms with van der Waals surface area (Å²) in [5.41, 5.74) is 4.55. The zero-order valence-corrected chi connectivity index (χ0v) is 19.7. The fourth-order valence-corrected chi connectivity index (χ4v) is 4.57. The first-order valence-corrected chi connectivity index (χ1v) is 11.4.